The Kier molecular flexibility index (Phi) is 4.26. The van der Waals surface area contributed by atoms with Crippen LogP contribution in [0.3, 0.4) is 0 Å². The van der Waals surface area contributed by atoms with Crippen molar-refractivity contribution in [2.45, 2.75) is 32.7 Å². The highest BCUT2D eigenvalue weighted by Crippen LogP contribution is 2.24. The van der Waals surface area contributed by atoms with Gasteiger partial charge in [-0.3, -0.25) is 9.78 Å². The molecule has 2 rings (SSSR count). The van der Waals surface area contributed by atoms with Crippen LogP contribution in [0.15, 0.2) is 42.7 Å². The van der Waals surface area contributed by atoms with Crippen molar-refractivity contribution in [2.24, 2.45) is 0 Å². The average Bonchev–Trinajstić information content (AvgIpc) is 2.46. The molecule has 0 aliphatic heterocycles. The predicted octanol–water partition coefficient (Wildman–Crippen LogP) is 2.57. The van der Waals surface area contributed by atoms with Crippen molar-refractivity contribution in [1.29, 1.82) is 0 Å². The van der Waals surface area contributed by atoms with Crippen LogP contribution in [0.1, 0.15) is 30.5 Å². The van der Waals surface area contributed by atoms with Crippen LogP contribution in [0, 0.1) is 6.92 Å². The first-order chi connectivity index (χ1) is 9.91. The summed E-state index contributed by atoms with van der Waals surface area (Å²) >= 11 is 0. The summed E-state index contributed by atoms with van der Waals surface area (Å²) in [7, 11) is 0. The topological polar surface area (TPSA) is 68.0 Å². The SMILES string of the molecule is Cc1ccncc1CNC(=O)C(C)(C)c1ccc(N)cc1. The number of aromatic nitrogens is 1. The van der Waals surface area contributed by atoms with Crippen LogP contribution in [0.4, 0.5) is 5.69 Å². The summed E-state index contributed by atoms with van der Waals surface area (Å²) in [4.78, 5) is 16.6. The summed E-state index contributed by atoms with van der Waals surface area (Å²) in [6.07, 6.45) is 3.53. The lowest BCUT2D eigenvalue weighted by Gasteiger charge is -2.24. The molecule has 21 heavy (non-hydrogen) atoms. The zero-order chi connectivity index (χ0) is 15.5. The molecule has 0 spiro atoms. The molecular formula is C17H21N3O. The first kappa shape index (κ1) is 15.0. The standard InChI is InChI=1S/C17H21N3O/c1-12-8-9-19-10-13(12)11-20-16(21)17(2,3)14-4-6-15(18)7-5-14/h4-10H,11,18H2,1-3H3,(H,20,21). The van der Waals surface area contributed by atoms with Crippen molar-refractivity contribution in [3.8, 4) is 0 Å². The van der Waals surface area contributed by atoms with Crippen LogP contribution in [0.5, 0.6) is 0 Å². The van der Waals surface area contributed by atoms with Gasteiger partial charge in [0, 0.05) is 24.6 Å². The van der Waals surface area contributed by atoms with Crippen LogP contribution in [0.25, 0.3) is 0 Å². The van der Waals surface area contributed by atoms with Gasteiger partial charge in [-0.2, -0.15) is 0 Å². The first-order valence-electron chi connectivity index (χ1n) is 6.95. The number of pyridine rings is 1. The van der Waals surface area contributed by atoms with E-state index in [9.17, 15) is 4.79 Å². The summed E-state index contributed by atoms with van der Waals surface area (Å²) < 4.78 is 0. The van der Waals surface area contributed by atoms with Crippen LogP contribution >= 0.6 is 0 Å². The smallest absolute Gasteiger partial charge is 0.230 e. The van der Waals surface area contributed by atoms with Crippen molar-refractivity contribution in [2.75, 3.05) is 5.73 Å². The Hall–Kier alpha value is -2.36. The molecule has 4 nitrogen and oxygen atoms in total. The van der Waals surface area contributed by atoms with Crippen LogP contribution < -0.4 is 11.1 Å². The maximum atomic E-state index is 12.5. The number of hydrogen-bond acceptors (Lipinski definition) is 3. The molecule has 110 valence electrons. The van der Waals surface area contributed by atoms with E-state index in [4.69, 9.17) is 5.73 Å². The number of nitrogens with zero attached hydrogens (tertiary/aromatic N) is 1. The number of carbonyl (C=O) groups excluding carboxylic acids is 1. The minimum absolute atomic E-state index is 0.0180. The molecule has 1 amide bonds. The highest BCUT2D eigenvalue weighted by molar-refractivity contribution is 5.87. The maximum Gasteiger partial charge on any atom is 0.230 e. The van der Waals surface area contributed by atoms with Gasteiger partial charge in [0.1, 0.15) is 0 Å². The molecule has 0 unspecified atom stereocenters. The van der Waals surface area contributed by atoms with E-state index in [2.05, 4.69) is 10.3 Å². The summed E-state index contributed by atoms with van der Waals surface area (Å²) in [6, 6.07) is 9.35. The highest BCUT2D eigenvalue weighted by Gasteiger charge is 2.29. The number of nitrogens with two attached hydrogens (primary N) is 1. The third-order valence-corrected chi connectivity index (χ3v) is 3.79. The Morgan fingerprint density at radius 1 is 1.24 bits per heavy atom. The molecule has 0 saturated carbocycles. The zero-order valence-electron chi connectivity index (χ0n) is 12.7. The van der Waals surface area contributed by atoms with Gasteiger partial charge in [-0.25, -0.2) is 0 Å². The zero-order valence-corrected chi connectivity index (χ0v) is 12.7. The Morgan fingerprint density at radius 2 is 1.90 bits per heavy atom. The lowest BCUT2D eigenvalue weighted by Crippen LogP contribution is -2.39. The van der Waals surface area contributed by atoms with Crippen molar-refractivity contribution in [3.05, 3.63) is 59.4 Å². The second-order valence-electron chi connectivity index (χ2n) is 5.73. The van der Waals surface area contributed by atoms with Crippen LogP contribution in [-0.2, 0) is 16.8 Å². The number of benzene rings is 1. The van der Waals surface area contributed by atoms with E-state index < -0.39 is 5.41 Å². The predicted molar refractivity (Wildman–Crippen MR) is 84.7 cm³/mol. The van der Waals surface area contributed by atoms with Gasteiger partial charge in [0.15, 0.2) is 0 Å². The number of hydrogen-bond donors (Lipinski definition) is 2. The van der Waals surface area contributed by atoms with E-state index >= 15 is 0 Å². The summed E-state index contributed by atoms with van der Waals surface area (Å²) in [5.74, 6) is -0.0180. The number of carbonyl (C=O) groups is 1. The Labute approximate surface area is 125 Å². The first-order valence-corrected chi connectivity index (χ1v) is 6.95. The minimum Gasteiger partial charge on any atom is -0.399 e. The Morgan fingerprint density at radius 3 is 2.52 bits per heavy atom. The third kappa shape index (κ3) is 3.40. The highest BCUT2D eigenvalue weighted by atomic mass is 16.2. The number of rotatable bonds is 4. The second kappa shape index (κ2) is 5.95. The molecule has 4 heteroatoms. The van der Waals surface area contributed by atoms with Crippen molar-refractivity contribution < 1.29 is 4.79 Å². The number of nitrogens with one attached hydrogen (secondary N) is 1. The summed E-state index contributed by atoms with van der Waals surface area (Å²) in [5, 5.41) is 2.98. The van der Waals surface area contributed by atoms with Gasteiger partial charge < -0.3 is 11.1 Å². The second-order valence-corrected chi connectivity index (χ2v) is 5.73. The maximum absolute atomic E-state index is 12.5. The van der Waals surface area contributed by atoms with E-state index in [1.807, 2.05) is 51.1 Å². The molecule has 0 aliphatic rings. The van der Waals surface area contributed by atoms with Gasteiger partial charge in [0.2, 0.25) is 5.91 Å². The third-order valence-electron chi connectivity index (χ3n) is 3.79. The van der Waals surface area contributed by atoms with Crippen LogP contribution in [0.2, 0.25) is 0 Å². The lowest BCUT2D eigenvalue weighted by molar-refractivity contribution is -0.125. The molecule has 0 atom stereocenters. The largest absolute Gasteiger partial charge is 0.399 e. The van der Waals surface area contributed by atoms with Crippen LogP contribution in [-0.4, -0.2) is 10.9 Å². The fraction of sp³-hybridized carbons (Fsp3) is 0.294. The van der Waals surface area contributed by atoms with Crippen molar-refractivity contribution in [1.82, 2.24) is 10.3 Å². The molecule has 0 bridgehead atoms. The monoisotopic (exact) mass is 283 g/mol. The van der Waals surface area contributed by atoms with E-state index in [1.54, 1.807) is 12.4 Å². The molecule has 1 aromatic carbocycles. The summed E-state index contributed by atoms with van der Waals surface area (Å²) in [6.45, 7) is 6.30. The molecule has 0 aliphatic carbocycles. The average molecular weight is 283 g/mol. The molecule has 1 heterocycles. The normalized spacial score (nSPS) is 11.2. The Balaban J connectivity index is 2.08. The molecule has 3 N–H and O–H groups in total. The van der Waals surface area contributed by atoms with Gasteiger partial charge in [-0.1, -0.05) is 12.1 Å². The van der Waals surface area contributed by atoms with Crippen molar-refractivity contribution in [3.63, 3.8) is 0 Å². The molecular weight excluding hydrogens is 262 g/mol. The number of amides is 1. The van der Waals surface area contributed by atoms with E-state index in [0.29, 0.717) is 12.2 Å². The molecule has 0 fully saturated rings. The van der Waals surface area contributed by atoms with Gasteiger partial charge in [-0.05, 0) is 55.7 Å². The fourth-order valence-corrected chi connectivity index (χ4v) is 2.11. The van der Waals surface area contributed by atoms with Gasteiger partial charge >= 0.3 is 0 Å². The number of aryl methyl sites for hydroxylation is 1. The molecule has 0 saturated heterocycles. The molecule has 1 aromatic heterocycles. The minimum atomic E-state index is -0.607. The van der Waals surface area contributed by atoms with Crippen molar-refractivity contribution >= 4 is 11.6 Å². The lowest BCUT2D eigenvalue weighted by atomic mass is 9.83. The van der Waals surface area contributed by atoms with Gasteiger partial charge in [-0.15, -0.1) is 0 Å². The van der Waals surface area contributed by atoms with Gasteiger partial charge in [0.05, 0.1) is 5.41 Å². The quantitative estimate of drug-likeness (QED) is 0.847. The Bertz CT molecular complexity index is 633. The van der Waals surface area contributed by atoms with E-state index in [0.717, 1.165) is 16.7 Å². The molecule has 2 aromatic rings. The molecule has 0 radical (unpaired) electrons. The van der Waals surface area contributed by atoms with Gasteiger partial charge in [0.25, 0.3) is 0 Å². The summed E-state index contributed by atoms with van der Waals surface area (Å²) in [5.41, 5.74) is 8.87. The van der Waals surface area contributed by atoms with E-state index in [1.165, 1.54) is 0 Å². The number of anilines is 1. The number of nitrogen functional groups attached to an aromatic ring is 1. The van der Waals surface area contributed by atoms with E-state index in [-0.39, 0.29) is 5.91 Å². The fourth-order valence-electron chi connectivity index (χ4n) is 2.11.